The van der Waals surface area contributed by atoms with Crippen LogP contribution in [0.4, 0.5) is 14.5 Å². The van der Waals surface area contributed by atoms with Gasteiger partial charge >= 0.3 is 0 Å². The van der Waals surface area contributed by atoms with E-state index in [4.69, 9.17) is 0 Å². The van der Waals surface area contributed by atoms with Crippen molar-refractivity contribution in [1.29, 1.82) is 0 Å². The molecule has 3 nitrogen and oxygen atoms in total. The molecule has 0 aliphatic carbocycles. The highest BCUT2D eigenvalue weighted by atomic mass is 32.2. The molecular formula is C19H21F2NO2S. The number of anilines is 1. The molecule has 0 atom stereocenters. The first-order chi connectivity index (χ1) is 11.7. The van der Waals surface area contributed by atoms with Crippen molar-refractivity contribution in [3.8, 4) is 0 Å². The van der Waals surface area contributed by atoms with Gasteiger partial charge in [-0.2, -0.15) is 0 Å². The fourth-order valence-electron chi connectivity index (χ4n) is 3.27. The number of sulfone groups is 1. The first-order valence-electron chi connectivity index (χ1n) is 8.24. The predicted molar refractivity (Wildman–Crippen MR) is 94.6 cm³/mol. The fourth-order valence-corrected chi connectivity index (χ4v) is 4.84. The summed E-state index contributed by atoms with van der Waals surface area (Å²) in [4.78, 5) is 2.05. The maximum absolute atomic E-state index is 13.3. The highest BCUT2D eigenvalue weighted by molar-refractivity contribution is 7.91. The van der Waals surface area contributed by atoms with Gasteiger partial charge in [-0.15, -0.1) is 0 Å². The average Bonchev–Trinajstić information content (AvgIpc) is 3.00. The first kappa shape index (κ1) is 17.9. The van der Waals surface area contributed by atoms with Crippen LogP contribution in [0.1, 0.15) is 25.8 Å². The minimum Gasteiger partial charge on any atom is -0.366 e. The highest BCUT2D eigenvalue weighted by Crippen LogP contribution is 2.35. The third-order valence-electron chi connectivity index (χ3n) is 4.85. The maximum atomic E-state index is 13.3. The molecule has 3 rings (SSSR count). The zero-order chi connectivity index (χ0) is 18.2. The fraction of sp³-hybridized carbons (Fsp3) is 0.368. The van der Waals surface area contributed by atoms with E-state index in [0.717, 1.165) is 36.9 Å². The maximum Gasteiger partial charge on any atom is 0.178 e. The van der Waals surface area contributed by atoms with Gasteiger partial charge < -0.3 is 4.90 Å². The predicted octanol–water partition coefficient (Wildman–Crippen LogP) is 3.97. The Morgan fingerprint density at radius 1 is 1.08 bits per heavy atom. The normalized spacial score (nSPS) is 14.6. The Morgan fingerprint density at radius 2 is 1.80 bits per heavy atom. The van der Waals surface area contributed by atoms with E-state index in [1.54, 1.807) is 0 Å². The van der Waals surface area contributed by atoms with Crippen LogP contribution in [0.2, 0.25) is 0 Å². The van der Waals surface area contributed by atoms with E-state index in [-0.39, 0.29) is 16.2 Å². The van der Waals surface area contributed by atoms with Crippen LogP contribution in [0.15, 0.2) is 47.4 Å². The van der Waals surface area contributed by atoms with Crippen LogP contribution >= 0.6 is 0 Å². The van der Waals surface area contributed by atoms with Gasteiger partial charge in [-0.25, -0.2) is 17.2 Å². The Hall–Kier alpha value is -1.95. The number of hydrogen-bond acceptors (Lipinski definition) is 3. The van der Waals surface area contributed by atoms with Gasteiger partial charge in [0.05, 0.1) is 10.6 Å². The molecule has 0 aromatic heterocycles. The van der Waals surface area contributed by atoms with E-state index in [2.05, 4.69) is 11.0 Å². The molecule has 0 saturated heterocycles. The van der Waals surface area contributed by atoms with E-state index < -0.39 is 21.5 Å². The van der Waals surface area contributed by atoms with Crippen molar-refractivity contribution >= 4 is 15.5 Å². The topological polar surface area (TPSA) is 37.4 Å². The molecule has 2 aromatic rings. The van der Waals surface area contributed by atoms with Crippen molar-refractivity contribution < 1.29 is 17.2 Å². The molecule has 1 aliphatic rings. The van der Waals surface area contributed by atoms with E-state index in [9.17, 15) is 17.2 Å². The third-order valence-corrected chi connectivity index (χ3v) is 6.56. The standard InChI is InChI=1S/C19H21F2NO2S/c1-19(2,22-11-9-14-5-3-4-6-18(14)22)10-12-25(23,24)15-7-8-16(20)17(21)13-15/h3-8,13H,9-12H2,1-2H3. The summed E-state index contributed by atoms with van der Waals surface area (Å²) in [6.45, 7) is 4.86. The summed E-state index contributed by atoms with van der Waals surface area (Å²) in [6.07, 6.45) is 1.33. The first-order valence-corrected chi connectivity index (χ1v) is 9.89. The van der Waals surface area contributed by atoms with Crippen molar-refractivity contribution in [2.75, 3.05) is 17.2 Å². The van der Waals surface area contributed by atoms with Gasteiger partial charge in [0.15, 0.2) is 21.5 Å². The van der Waals surface area contributed by atoms with Gasteiger partial charge in [-0.1, -0.05) is 18.2 Å². The Labute approximate surface area is 147 Å². The van der Waals surface area contributed by atoms with Gasteiger partial charge in [-0.3, -0.25) is 0 Å². The summed E-state index contributed by atoms with van der Waals surface area (Å²) < 4.78 is 51.4. The minimum absolute atomic E-state index is 0.121. The zero-order valence-electron chi connectivity index (χ0n) is 14.3. The molecular weight excluding hydrogens is 344 g/mol. The molecule has 0 N–H and O–H groups in total. The summed E-state index contributed by atoms with van der Waals surface area (Å²) in [5.74, 6) is -2.31. The second kappa shape index (κ2) is 6.41. The van der Waals surface area contributed by atoms with Crippen LogP contribution in [0.25, 0.3) is 0 Å². The smallest absolute Gasteiger partial charge is 0.178 e. The molecule has 0 saturated carbocycles. The lowest BCUT2D eigenvalue weighted by Gasteiger charge is -2.38. The Bertz CT molecular complexity index is 894. The van der Waals surface area contributed by atoms with E-state index in [1.807, 2.05) is 32.0 Å². The molecule has 0 radical (unpaired) electrons. The molecule has 2 aromatic carbocycles. The van der Waals surface area contributed by atoms with Crippen molar-refractivity contribution in [1.82, 2.24) is 0 Å². The quantitative estimate of drug-likeness (QED) is 0.753. The van der Waals surface area contributed by atoms with Crippen molar-refractivity contribution in [3.63, 3.8) is 0 Å². The van der Waals surface area contributed by atoms with E-state index in [0.29, 0.717) is 6.42 Å². The molecule has 134 valence electrons. The summed E-state index contributed by atoms with van der Waals surface area (Å²) in [6, 6.07) is 10.8. The van der Waals surface area contributed by atoms with Gasteiger partial charge in [0, 0.05) is 17.8 Å². The van der Waals surface area contributed by atoms with Crippen LogP contribution in [-0.2, 0) is 16.3 Å². The molecule has 0 amide bonds. The lowest BCUT2D eigenvalue weighted by atomic mass is 9.99. The summed E-state index contributed by atoms with van der Waals surface area (Å²) in [5.41, 5.74) is 2.04. The second-order valence-electron chi connectivity index (χ2n) is 6.99. The second-order valence-corrected chi connectivity index (χ2v) is 9.10. The van der Waals surface area contributed by atoms with E-state index in [1.165, 1.54) is 5.56 Å². The summed E-state index contributed by atoms with van der Waals surface area (Å²) >= 11 is 0. The van der Waals surface area contributed by atoms with Crippen molar-refractivity contribution in [2.45, 2.75) is 37.1 Å². The minimum atomic E-state index is -3.67. The Kier molecular flexibility index (Phi) is 4.58. The molecule has 0 bridgehead atoms. The van der Waals surface area contributed by atoms with Crippen LogP contribution in [0.5, 0.6) is 0 Å². The zero-order valence-corrected chi connectivity index (χ0v) is 15.1. The number of fused-ring (bicyclic) bond motifs is 1. The molecule has 25 heavy (non-hydrogen) atoms. The van der Waals surface area contributed by atoms with Crippen molar-refractivity contribution in [2.24, 2.45) is 0 Å². The number of nitrogens with zero attached hydrogens (tertiary/aromatic N) is 1. The van der Waals surface area contributed by atoms with Crippen LogP contribution in [0.3, 0.4) is 0 Å². The lowest BCUT2D eigenvalue weighted by Crippen LogP contribution is -2.44. The van der Waals surface area contributed by atoms with Crippen molar-refractivity contribution in [3.05, 3.63) is 59.7 Å². The molecule has 6 heteroatoms. The monoisotopic (exact) mass is 365 g/mol. The van der Waals surface area contributed by atoms with Crippen LogP contribution < -0.4 is 4.90 Å². The molecule has 0 spiro atoms. The number of benzene rings is 2. The van der Waals surface area contributed by atoms with Gasteiger partial charge in [0.2, 0.25) is 0 Å². The number of para-hydroxylation sites is 1. The number of rotatable bonds is 5. The Balaban J connectivity index is 1.77. The van der Waals surface area contributed by atoms with E-state index >= 15 is 0 Å². The van der Waals surface area contributed by atoms with Crippen LogP contribution in [-0.4, -0.2) is 26.3 Å². The molecule has 0 fully saturated rings. The Morgan fingerprint density at radius 3 is 2.52 bits per heavy atom. The van der Waals surface area contributed by atoms with Gasteiger partial charge in [-0.05, 0) is 56.5 Å². The third kappa shape index (κ3) is 3.54. The molecule has 1 heterocycles. The van der Waals surface area contributed by atoms with Gasteiger partial charge in [0.1, 0.15) is 0 Å². The number of halogens is 2. The highest BCUT2D eigenvalue weighted by Gasteiger charge is 2.33. The molecule has 1 aliphatic heterocycles. The average molecular weight is 365 g/mol. The summed E-state index contributed by atoms with van der Waals surface area (Å²) in [5, 5.41) is 0. The lowest BCUT2D eigenvalue weighted by molar-refractivity contribution is 0.453. The van der Waals surface area contributed by atoms with Gasteiger partial charge in [0.25, 0.3) is 0 Å². The summed E-state index contributed by atoms with van der Waals surface area (Å²) in [7, 11) is -3.67. The SMILES string of the molecule is CC(C)(CCS(=O)(=O)c1ccc(F)c(F)c1)N1CCc2ccccc21. The van der Waals surface area contributed by atoms with Crippen LogP contribution in [0, 0.1) is 11.6 Å². The molecule has 0 unspecified atom stereocenters. The number of hydrogen-bond donors (Lipinski definition) is 0. The largest absolute Gasteiger partial charge is 0.366 e.